The monoisotopic (exact) mass is 399 g/mol. The Hall–Kier alpha value is -4.09. The van der Waals surface area contributed by atoms with E-state index in [0.717, 1.165) is 4.57 Å². The number of benzene rings is 1. The molecule has 0 fully saturated rings. The molecule has 1 aromatic carbocycles. The van der Waals surface area contributed by atoms with Crippen molar-refractivity contribution in [3.63, 3.8) is 0 Å². The summed E-state index contributed by atoms with van der Waals surface area (Å²) < 4.78 is 3.48. The van der Waals surface area contributed by atoms with Gasteiger partial charge in [0.1, 0.15) is 6.54 Å². The fourth-order valence-electron chi connectivity index (χ4n) is 2.76. The van der Waals surface area contributed by atoms with E-state index in [4.69, 9.17) is 0 Å². The molecule has 0 radical (unpaired) electrons. The van der Waals surface area contributed by atoms with Crippen LogP contribution in [0.2, 0.25) is 0 Å². The van der Waals surface area contributed by atoms with Crippen LogP contribution in [0.15, 0.2) is 45.3 Å². The zero-order valence-corrected chi connectivity index (χ0v) is 15.8. The Morgan fingerprint density at radius 3 is 2.69 bits per heavy atom. The summed E-state index contributed by atoms with van der Waals surface area (Å²) in [5, 5.41) is 14.8. The topological polar surface area (TPSA) is 146 Å². The van der Waals surface area contributed by atoms with Crippen molar-refractivity contribution in [2.45, 2.75) is 13.5 Å². The Morgan fingerprint density at radius 1 is 1.28 bits per heavy atom. The molecule has 0 aliphatic carbocycles. The Balaban J connectivity index is 1.82. The van der Waals surface area contributed by atoms with Gasteiger partial charge in [0, 0.05) is 31.8 Å². The smallest absolute Gasteiger partial charge is 0.315 e. The number of non-ortho nitro benzene ring substituents is 1. The summed E-state index contributed by atoms with van der Waals surface area (Å²) in [7, 11) is 2.82. The average Bonchev–Trinajstić information content (AvgIpc) is 3.12. The van der Waals surface area contributed by atoms with Crippen LogP contribution in [0.25, 0.3) is 11.2 Å². The number of aromatic nitrogens is 4. The zero-order valence-electron chi connectivity index (χ0n) is 15.8. The Kier molecular flexibility index (Phi) is 5.08. The number of amides is 1. The van der Waals surface area contributed by atoms with E-state index in [-0.39, 0.29) is 23.4 Å². The van der Waals surface area contributed by atoms with Gasteiger partial charge in [0.05, 0.1) is 17.0 Å². The van der Waals surface area contributed by atoms with E-state index in [2.05, 4.69) is 15.5 Å². The molecule has 3 rings (SSSR count). The summed E-state index contributed by atoms with van der Waals surface area (Å²) in [6, 6.07) is 5.85. The molecule has 0 atom stereocenters. The van der Waals surface area contributed by atoms with Gasteiger partial charge in [0.15, 0.2) is 11.2 Å². The maximum Gasteiger partial charge on any atom is 0.332 e. The molecule has 2 heterocycles. The number of nitro groups is 1. The Bertz CT molecular complexity index is 1280. The minimum absolute atomic E-state index is 0.0882. The van der Waals surface area contributed by atoms with Crippen LogP contribution in [0.3, 0.4) is 0 Å². The molecule has 0 unspecified atom stereocenters. The van der Waals surface area contributed by atoms with Gasteiger partial charge in [-0.1, -0.05) is 12.1 Å². The number of hydrazone groups is 1. The summed E-state index contributed by atoms with van der Waals surface area (Å²) in [6.45, 7) is 1.34. The predicted octanol–water partition coefficient (Wildman–Crippen LogP) is -0.118. The second-order valence-corrected chi connectivity index (χ2v) is 6.29. The molecular formula is C17H17N7O5. The lowest BCUT2D eigenvalue weighted by molar-refractivity contribution is -0.384. The lowest BCUT2D eigenvalue weighted by Gasteiger charge is -2.06. The minimum atomic E-state index is -0.565. The highest BCUT2D eigenvalue weighted by molar-refractivity contribution is 5.99. The minimum Gasteiger partial charge on any atom is -0.315 e. The number of nitro benzene ring substituents is 1. The van der Waals surface area contributed by atoms with Crippen molar-refractivity contribution in [2.24, 2.45) is 19.2 Å². The van der Waals surface area contributed by atoms with Crippen molar-refractivity contribution < 1.29 is 9.72 Å². The maximum atomic E-state index is 12.4. The summed E-state index contributed by atoms with van der Waals surface area (Å²) in [5.74, 6) is -0.537. The Labute approximate surface area is 162 Å². The molecule has 3 aromatic rings. The van der Waals surface area contributed by atoms with Crippen molar-refractivity contribution in [3.8, 4) is 0 Å². The van der Waals surface area contributed by atoms with Crippen LogP contribution >= 0.6 is 0 Å². The standard InChI is InChI=1S/C17H17N7O5/c1-10(11-5-4-6-12(7-11)24(28)29)19-20-13(25)8-23-9-18-15-14(23)16(26)22(3)17(27)21(15)2/h4-7,9H,8H2,1-3H3,(H,20,25)/b19-10+. The van der Waals surface area contributed by atoms with E-state index in [9.17, 15) is 24.5 Å². The normalized spacial score (nSPS) is 11.6. The molecule has 29 heavy (non-hydrogen) atoms. The van der Waals surface area contributed by atoms with Gasteiger partial charge >= 0.3 is 5.69 Å². The van der Waals surface area contributed by atoms with Gasteiger partial charge in [0.2, 0.25) is 0 Å². The van der Waals surface area contributed by atoms with Crippen molar-refractivity contribution >= 4 is 28.5 Å². The molecule has 1 N–H and O–H groups in total. The predicted molar refractivity (Wildman–Crippen MR) is 104 cm³/mol. The van der Waals surface area contributed by atoms with Gasteiger partial charge < -0.3 is 4.57 Å². The first kappa shape index (κ1) is 19.7. The highest BCUT2D eigenvalue weighted by Gasteiger charge is 2.16. The number of nitrogens with zero attached hydrogens (tertiary/aromatic N) is 6. The fourth-order valence-corrected chi connectivity index (χ4v) is 2.76. The SMILES string of the molecule is C/C(=N\NC(=O)Cn1cnc2c1c(=O)n(C)c(=O)n2C)c1cccc([N+](=O)[O-])c1. The van der Waals surface area contributed by atoms with Crippen LogP contribution in [0, 0.1) is 10.1 Å². The quantitative estimate of drug-likeness (QED) is 0.359. The number of hydrogen-bond acceptors (Lipinski definition) is 7. The molecule has 0 bridgehead atoms. The number of carbonyl (C=O) groups excluding carboxylic acids is 1. The van der Waals surface area contributed by atoms with Gasteiger partial charge in [-0.3, -0.25) is 28.8 Å². The van der Waals surface area contributed by atoms with Crippen molar-refractivity contribution in [1.29, 1.82) is 0 Å². The number of fused-ring (bicyclic) bond motifs is 1. The third-order valence-corrected chi connectivity index (χ3v) is 4.35. The maximum absolute atomic E-state index is 12.4. The second-order valence-electron chi connectivity index (χ2n) is 6.29. The van der Waals surface area contributed by atoms with E-state index in [1.54, 1.807) is 13.0 Å². The van der Waals surface area contributed by atoms with Crippen LogP contribution in [-0.4, -0.2) is 35.2 Å². The van der Waals surface area contributed by atoms with Crippen molar-refractivity contribution in [2.75, 3.05) is 0 Å². The number of nitrogens with one attached hydrogen (secondary N) is 1. The highest BCUT2D eigenvalue weighted by Crippen LogP contribution is 2.13. The van der Waals surface area contributed by atoms with E-state index in [1.165, 1.54) is 47.8 Å². The lowest BCUT2D eigenvalue weighted by atomic mass is 10.1. The third-order valence-electron chi connectivity index (χ3n) is 4.35. The summed E-state index contributed by atoms with van der Waals surface area (Å²) in [6.07, 6.45) is 1.29. The Morgan fingerprint density at radius 2 is 2.00 bits per heavy atom. The molecule has 0 saturated carbocycles. The lowest BCUT2D eigenvalue weighted by Crippen LogP contribution is -2.38. The first-order valence-electron chi connectivity index (χ1n) is 8.39. The van der Waals surface area contributed by atoms with E-state index < -0.39 is 22.1 Å². The zero-order chi connectivity index (χ0) is 21.3. The summed E-state index contributed by atoms with van der Waals surface area (Å²) in [4.78, 5) is 51.0. The largest absolute Gasteiger partial charge is 0.332 e. The van der Waals surface area contributed by atoms with Gasteiger partial charge in [-0.05, 0) is 6.92 Å². The average molecular weight is 399 g/mol. The van der Waals surface area contributed by atoms with E-state index in [1.807, 2.05) is 0 Å². The molecule has 0 saturated heterocycles. The number of aryl methyl sites for hydroxylation is 1. The number of rotatable bonds is 5. The molecule has 0 spiro atoms. The third kappa shape index (κ3) is 3.67. The molecule has 150 valence electrons. The number of hydrogen-bond donors (Lipinski definition) is 1. The van der Waals surface area contributed by atoms with Crippen molar-refractivity contribution in [1.82, 2.24) is 24.1 Å². The molecule has 1 amide bonds. The first-order chi connectivity index (χ1) is 13.7. The van der Waals surface area contributed by atoms with Crippen LogP contribution in [0.1, 0.15) is 12.5 Å². The molecule has 0 aliphatic rings. The van der Waals surface area contributed by atoms with Crippen LogP contribution < -0.4 is 16.7 Å². The van der Waals surface area contributed by atoms with E-state index in [0.29, 0.717) is 11.3 Å². The first-order valence-corrected chi connectivity index (χ1v) is 8.39. The summed E-state index contributed by atoms with van der Waals surface area (Å²) >= 11 is 0. The van der Waals surface area contributed by atoms with Crippen molar-refractivity contribution in [3.05, 3.63) is 67.1 Å². The molecule has 2 aromatic heterocycles. The molecule has 0 aliphatic heterocycles. The highest BCUT2D eigenvalue weighted by atomic mass is 16.6. The summed E-state index contributed by atoms with van der Waals surface area (Å²) in [5.41, 5.74) is 2.31. The number of imidazole rings is 1. The number of carbonyl (C=O) groups is 1. The van der Waals surface area contributed by atoms with Gasteiger partial charge in [-0.2, -0.15) is 5.10 Å². The molecule has 12 heteroatoms. The molecular weight excluding hydrogens is 382 g/mol. The van der Waals surface area contributed by atoms with Crippen LogP contribution in [0.5, 0.6) is 0 Å². The van der Waals surface area contributed by atoms with E-state index >= 15 is 0 Å². The van der Waals surface area contributed by atoms with Gasteiger partial charge in [0.25, 0.3) is 17.2 Å². The van der Waals surface area contributed by atoms with Crippen LogP contribution in [-0.2, 0) is 25.4 Å². The fraction of sp³-hybridized carbons (Fsp3) is 0.235. The molecule has 12 nitrogen and oxygen atoms in total. The second kappa shape index (κ2) is 7.50. The van der Waals surface area contributed by atoms with Gasteiger partial charge in [-0.15, -0.1) is 0 Å². The van der Waals surface area contributed by atoms with Gasteiger partial charge in [-0.25, -0.2) is 15.2 Å². The van der Waals surface area contributed by atoms with Crippen LogP contribution in [0.4, 0.5) is 5.69 Å².